The number of carbonyl (C=O) groups is 1. The van der Waals surface area contributed by atoms with E-state index in [-0.39, 0.29) is 5.91 Å². The van der Waals surface area contributed by atoms with Gasteiger partial charge in [-0.3, -0.25) is 9.69 Å². The van der Waals surface area contributed by atoms with Gasteiger partial charge in [-0.1, -0.05) is 54.6 Å². The highest BCUT2D eigenvalue weighted by Crippen LogP contribution is 2.36. The summed E-state index contributed by atoms with van der Waals surface area (Å²) >= 11 is 1.42. The van der Waals surface area contributed by atoms with Crippen LogP contribution in [0.3, 0.4) is 0 Å². The first-order chi connectivity index (χ1) is 18.6. The lowest BCUT2D eigenvalue weighted by atomic mass is 10.1. The number of likely N-dealkylation sites (N-methyl/N-ethyl adjacent to an activating group) is 1. The van der Waals surface area contributed by atoms with E-state index in [9.17, 15) is 4.79 Å². The molecule has 5 nitrogen and oxygen atoms in total. The van der Waals surface area contributed by atoms with Gasteiger partial charge in [0.2, 0.25) is 0 Å². The highest BCUT2D eigenvalue weighted by Gasteiger charge is 2.32. The Balaban J connectivity index is 1.34. The Morgan fingerprint density at radius 1 is 0.921 bits per heavy atom. The molecule has 5 aromatic rings. The third-order valence-corrected chi connectivity index (χ3v) is 7.78. The molecule has 0 radical (unpaired) electrons. The Kier molecular flexibility index (Phi) is 6.48. The van der Waals surface area contributed by atoms with Gasteiger partial charge in [-0.25, -0.2) is 4.99 Å². The zero-order valence-electron chi connectivity index (χ0n) is 21.3. The van der Waals surface area contributed by atoms with Gasteiger partial charge in [-0.15, -0.1) is 0 Å². The molecule has 0 bridgehead atoms. The summed E-state index contributed by atoms with van der Waals surface area (Å²) in [5.74, 6) is 0.758. The smallest absolute Gasteiger partial charge is 0.266 e. The molecule has 1 aliphatic heterocycles. The van der Waals surface area contributed by atoms with Gasteiger partial charge in [0.05, 0.1) is 17.7 Å². The Labute approximate surface area is 226 Å². The zero-order chi connectivity index (χ0) is 26.1. The largest absolute Gasteiger partial charge is 0.497 e. The van der Waals surface area contributed by atoms with Crippen molar-refractivity contribution in [2.75, 3.05) is 13.7 Å². The predicted octanol–water partition coefficient (Wildman–Crippen LogP) is 7.48. The number of thioether (sulfide) groups is 1. The number of aliphatic imine (C=N–C) groups is 1. The second-order valence-electron chi connectivity index (χ2n) is 9.16. The number of fused-ring (bicyclic) bond motifs is 2. The first kappa shape index (κ1) is 24.1. The Morgan fingerprint density at radius 2 is 1.68 bits per heavy atom. The van der Waals surface area contributed by atoms with Gasteiger partial charge < -0.3 is 9.30 Å². The molecule has 2 heterocycles. The van der Waals surface area contributed by atoms with Crippen LogP contribution in [-0.2, 0) is 11.3 Å². The Bertz CT molecular complexity index is 1720. The normalized spacial score (nSPS) is 15.8. The molecular weight excluding hydrogens is 490 g/mol. The minimum absolute atomic E-state index is 0.0175. The highest BCUT2D eigenvalue weighted by atomic mass is 32.2. The number of hydrogen-bond acceptors (Lipinski definition) is 4. The van der Waals surface area contributed by atoms with Crippen molar-refractivity contribution in [3.05, 3.63) is 113 Å². The molecule has 1 amide bonds. The van der Waals surface area contributed by atoms with Crippen molar-refractivity contribution in [1.29, 1.82) is 0 Å². The molecule has 38 heavy (non-hydrogen) atoms. The zero-order valence-corrected chi connectivity index (χ0v) is 22.1. The van der Waals surface area contributed by atoms with Crippen LogP contribution in [0.2, 0.25) is 0 Å². The molecule has 0 spiro atoms. The average molecular weight is 518 g/mol. The van der Waals surface area contributed by atoms with E-state index in [1.807, 2.05) is 43.3 Å². The average Bonchev–Trinajstić information content (AvgIpc) is 3.45. The number of para-hydroxylation sites is 1. The van der Waals surface area contributed by atoms with E-state index in [4.69, 9.17) is 9.73 Å². The van der Waals surface area contributed by atoms with E-state index in [1.54, 1.807) is 12.0 Å². The molecular formula is C32H27N3O2S. The van der Waals surface area contributed by atoms with E-state index in [0.29, 0.717) is 16.6 Å². The van der Waals surface area contributed by atoms with Crippen molar-refractivity contribution in [1.82, 2.24) is 9.47 Å². The highest BCUT2D eigenvalue weighted by molar-refractivity contribution is 8.18. The minimum atomic E-state index is -0.0175. The van der Waals surface area contributed by atoms with E-state index in [1.165, 1.54) is 28.1 Å². The number of amidine groups is 1. The van der Waals surface area contributed by atoms with Gasteiger partial charge in [0.1, 0.15) is 5.75 Å². The third-order valence-electron chi connectivity index (χ3n) is 6.77. The molecule has 1 aliphatic rings. The molecule has 0 saturated carbocycles. The van der Waals surface area contributed by atoms with Crippen molar-refractivity contribution in [2.45, 2.75) is 13.5 Å². The van der Waals surface area contributed by atoms with Crippen molar-refractivity contribution in [3.8, 4) is 5.75 Å². The maximum Gasteiger partial charge on any atom is 0.266 e. The van der Waals surface area contributed by atoms with Gasteiger partial charge in [0.15, 0.2) is 5.17 Å². The van der Waals surface area contributed by atoms with Crippen LogP contribution < -0.4 is 4.74 Å². The van der Waals surface area contributed by atoms with Gasteiger partial charge >= 0.3 is 0 Å². The summed E-state index contributed by atoms with van der Waals surface area (Å²) in [5, 5.41) is 4.29. The molecule has 0 aliphatic carbocycles. The molecule has 1 saturated heterocycles. The Hall–Kier alpha value is -4.29. The fourth-order valence-electron chi connectivity index (χ4n) is 4.83. The van der Waals surface area contributed by atoms with Crippen LogP contribution in [0.1, 0.15) is 18.1 Å². The van der Waals surface area contributed by atoms with Crippen molar-refractivity contribution in [3.63, 3.8) is 0 Å². The first-order valence-electron chi connectivity index (χ1n) is 12.6. The summed E-state index contributed by atoms with van der Waals surface area (Å²) in [6.07, 6.45) is 4.15. The standard InChI is InChI=1S/C32H27N3O2S/c1-3-35-31(36)30(38-32(35)33-26-14-16-27(37-2)17-15-26)19-25-21-34(29-11-7-6-10-28(25)29)20-22-12-13-23-8-4-5-9-24(23)18-22/h4-19,21H,3,20H2,1-2H3/b30-19+,33-32?. The van der Waals surface area contributed by atoms with Crippen LogP contribution in [0.5, 0.6) is 5.75 Å². The maximum atomic E-state index is 13.3. The van der Waals surface area contributed by atoms with Gasteiger partial charge in [0, 0.05) is 35.8 Å². The molecule has 4 aromatic carbocycles. The molecule has 0 unspecified atom stereocenters. The summed E-state index contributed by atoms with van der Waals surface area (Å²) < 4.78 is 7.51. The number of benzene rings is 4. The number of rotatable bonds is 6. The maximum absolute atomic E-state index is 13.3. The van der Waals surface area contributed by atoms with E-state index in [2.05, 4.69) is 71.4 Å². The first-order valence-corrected chi connectivity index (χ1v) is 13.4. The van der Waals surface area contributed by atoms with Gasteiger partial charge in [0.25, 0.3) is 5.91 Å². The van der Waals surface area contributed by atoms with Gasteiger partial charge in [-0.05, 0) is 77.5 Å². The molecule has 6 rings (SSSR count). The molecule has 1 fully saturated rings. The number of aromatic nitrogens is 1. The fraction of sp³-hybridized carbons (Fsp3) is 0.125. The van der Waals surface area contributed by atoms with E-state index < -0.39 is 0 Å². The lowest BCUT2D eigenvalue weighted by Gasteiger charge is -2.12. The third kappa shape index (κ3) is 4.59. The molecule has 0 N–H and O–H groups in total. The number of nitrogens with zero attached hydrogens (tertiary/aromatic N) is 3. The lowest BCUT2D eigenvalue weighted by molar-refractivity contribution is -0.122. The second kappa shape index (κ2) is 10.2. The molecule has 6 heteroatoms. The quantitative estimate of drug-likeness (QED) is 0.219. The SMILES string of the molecule is CCN1C(=O)/C(=C\c2cn(Cc3ccc4ccccc4c3)c3ccccc23)SC1=Nc1ccc(OC)cc1. The van der Waals surface area contributed by atoms with Crippen LogP contribution in [0.25, 0.3) is 27.8 Å². The van der Waals surface area contributed by atoms with Crippen molar-refractivity contribution in [2.24, 2.45) is 4.99 Å². The van der Waals surface area contributed by atoms with Crippen molar-refractivity contribution >= 4 is 56.3 Å². The summed E-state index contributed by atoms with van der Waals surface area (Å²) in [6, 6.07) is 30.9. The number of carbonyl (C=O) groups excluding carboxylic acids is 1. The van der Waals surface area contributed by atoms with Crippen LogP contribution in [0.15, 0.2) is 107 Å². The molecule has 188 valence electrons. The number of hydrogen-bond donors (Lipinski definition) is 0. The summed E-state index contributed by atoms with van der Waals surface area (Å²) in [7, 11) is 1.64. The number of ether oxygens (including phenoxy) is 1. The number of methoxy groups -OCH3 is 1. The fourth-order valence-corrected chi connectivity index (χ4v) is 5.89. The topological polar surface area (TPSA) is 46.8 Å². The minimum Gasteiger partial charge on any atom is -0.497 e. The Morgan fingerprint density at radius 3 is 2.47 bits per heavy atom. The molecule has 0 atom stereocenters. The van der Waals surface area contributed by atoms with Gasteiger partial charge in [-0.2, -0.15) is 0 Å². The second-order valence-corrected chi connectivity index (χ2v) is 10.2. The summed E-state index contributed by atoms with van der Waals surface area (Å²) in [5.41, 5.74) is 4.19. The number of amides is 1. The predicted molar refractivity (Wildman–Crippen MR) is 158 cm³/mol. The summed E-state index contributed by atoms with van der Waals surface area (Å²) in [4.78, 5) is 20.5. The lowest BCUT2D eigenvalue weighted by Crippen LogP contribution is -2.28. The summed E-state index contributed by atoms with van der Waals surface area (Å²) in [6.45, 7) is 3.28. The van der Waals surface area contributed by atoms with E-state index >= 15 is 0 Å². The monoisotopic (exact) mass is 517 g/mol. The van der Waals surface area contributed by atoms with E-state index in [0.717, 1.165) is 34.4 Å². The molecule has 1 aromatic heterocycles. The van der Waals surface area contributed by atoms with Crippen LogP contribution >= 0.6 is 11.8 Å². The van der Waals surface area contributed by atoms with Crippen molar-refractivity contribution < 1.29 is 9.53 Å². The van der Waals surface area contributed by atoms with Crippen LogP contribution in [0, 0.1) is 0 Å². The van der Waals surface area contributed by atoms with Crippen LogP contribution in [-0.4, -0.2) is 34.2 Å². The van der Waals surface area contributed by atoms with Crippen LogP contribution in [0.4, 0.5) is 5.69 Å².